The highest BCUT2D eigenvalue weighted by atomic mass is 19.1. The average Bonchev–Trinajstić information content (AvgIpc) is 2.69. The maximum Gasteiger partial charge on any atom is 0.411 e. The highest BCUT2D eigenvalue weighted by Crippen LogP contribution is 2.44. The van der Waals surface area contributed by atoms with E-state index in [4.69, 9.17) is 9.84 Å². The number of amides is 1. The van der Waals surface area contributed by atoms with E-state index >= 15 is 0 Å². The molecule has 2 bridgehead atoms. The van der Waals surface area contributed by atoms with E-state index < -0.39 is 35.8 Å². The first-order valence-corrected chi connectivity index (χ1v) is 6.09. The fraction of sp³-hybridized carbons (Fsp3) is 0.833. The lowest BCUT2D eigenvalue weighted by molar-refractivity contribution is -0.146. The number of rotatable bonds is 1. The van der Waals surface area contributed by atoms with Gasteiger partial charge in [-0.15, -0.1) is 0 Å². The third kappa shape index (κ3) is 2.15. The minimum absolute atomic E-state index is 0.216. The predicted molar refractivity (Wildman–Crippen MR) is 60.9 cm³/mol. The van der Waals surface area contributed by atoms with Crippen LogP contribution in [0.3, 0.4) is 0 Å². The van der Waals surface area contributed by atoms with Crippen LogP contribution in [-0.2, 0) is 9.53 Å². The Kier molecular flexibility index (Phi) is 2.99. The summed E-state index contributed by atoms with van der Waals surface area (Å²) in [6.45, 7) is 5.15. The van der Waals surface area contributed by atoms with Crippen molar-refractivity contribution in [3.63, 3.8) is 0 Å². The number of ether oxygens (including phenoxy) is 1. The van der Waals surface area contributed by atoms with Gasteiger partial charge in [-0.05, 0) is 33.6 Å². The Hall–Kier alpha value is -1.33. The van der Waals surface area contributed by atoms with Crippen molar-refractivity contribution in [1.82, 2.24) is 4.90 Å². The van der Waals surface area contributed by atoms with Crippen LogP contribution in [0.25, 0.3) is 0 Å². The molecule has 0 aromatic heterocycles. The molecule has 1 aliphatic carbocycles. The number of nitrogens with zero attached hydrogens (tertiary/aromatic N) is 1. The predicted octanol–water partition coefficient (Wildman–Crippen LogP) is 1.81. The second-order valence-electron chi connectivity index (χ2n) is 5.98. The van der Waals surface area contributed by atoms with Crippen molar-refractivity contribution in [1.29, 1.82) is 0 Å². The minimum atomic E-state index is -1.16. The van der Waals surface area contributed by atoms with Crippen LogP contribution in [0.2, 0.25) is 0 Å². The molecule has 5 nitrogen and oxygen atoms in total. The Bertz CT molecular complexity index is 379. The van der Waals surface area contributed by atoms with E-state index in [2.05, 4.69) is 0 Å². The molecule has 2 fully saturated rings. The van der Waals surface area contributed by atoms with E-state index in [0.717, 1.165) is 0 Å². The van der Waals surface area contributed by atoms with Crippen LogP contribution < -0.4 is 0 Å². The second-order valence-corrected chi connectivity index (χ2v) is 5.98. The van der Waals surface area contributed by atoms with E-state index in [1.165, 1.54) is 4.90 Å². The average molecular weight is 259 g/mol. The Morgan fingerprint density at radius 2 is 1.94 bits per heavy atom. The van der Waals surface area contributed by atoms with Crippen LogP contribution in [0.1, 0.15) is 33.6 Å². The van der Waals surface area contributed by atoms with Gasteiger partial charge in [0.15, 0.2) is 0 Å². The largest absolute Gasteiger partial charge is 0.480 e. The Morgan fingerprint density at radius 3 is 2.44 bits per heavy atom. The first kappa shape index (κ1) is 13.1. The van der Waals surface area contributed by atoms with E-state index in [-0.39, 0.29) is 12.5 Å². The van der Waals surface area contributed by atoms with Gasteiger partial charge in [0.05, 0.1) is 0 Å². The lowest BCUT2D eigenvalue weighted by atomic mass is 9.97. The molecule has 2 aliphatic rings. The molecule has 0 radical (unpaired) electrons. The number of carboxylic acids is 1. The Morgan fingerprint density at radius 1 is 1.33 bits per heavy atom. The fourth-order valence-corrected chi connectivity index (χ4v) is 2.86. The monoisotopic (exact) mass is 259 g/mol. The Balaban J connectivity index is 2.17. The molecule has 18 heavy (non-hydrogen) atoms. The van der Waals surface area contributed by atoms with Crippen molar-refractivity contribution < 1.29 is 23.8 Å². The van der Waals surface area contributed by atoms with Crippen LogP contribution in [0.5, 0.6) is 0 Å². The molecule has 1 aliphatic heterocycles. The molecule has 1 N–H and O–H groups in total. The van der Waals surface area contributed by atoms with Crippen molar-refractivity contribution in [3.8, 4) is 0 Å². The summed E-state index contributed by atoms with van der Waals surface area (Å²) >= 11 is 0. The van der Waals surface area contributed by atoms with Crippen LogP contribution in [0.15, 0.2) is 0 Å². The topological polar surface area (TPSA) is 66.8 Å². The molecule has 102 valence electrons. The quantitative estimate of drug-likeness (QED) is 0.779. The summed E-state index contributed by atoms with van der Waals surface area (Å²) < 4.78 is 18.8. The van der Waals surface area contributed by atoms with Gasteiger partial charge in [-0.2, -0.15) is 0 Å². The van der Waals surface area contributed by atoms with Crippen molar-refractivity contribution in [2.24, 2.45) is 5.92 Å². The van der Waals surface area contributed by atoms with Gasteiger partial charge < -0.3 is 9.84 Å². The molecule has 0 aromatic rings. The summed E-state index contributed by atoms with van der Waals surface area (Å²) in [6.07, 6.45) is -1.16. The molecule has 1 saturated carbocycles. The number of carbonyl (C=O) groups excluding carboxylic acids is 1. The van der Waals surface area contributed by atoms with Crippen molar-refractivity contribution in [2.75, 3.05) is 0 Å². The third-order valence-corrected chi connectivity index (χ3v) is 3.46. The first-order valence-electron chi connectivity index (χ1n) is 6.09. The standard InChI is InChI=1S/C12H18FNO4/c1-12(2,3)18-11(17)14-6-4-7(8(13)5-6)9(14)10(15)16/h6-9H,4-5H2,1-3H3,(H,15,16)/t6-,7+,8+,9+/m1/s1. The molecule has 0 aromatic carbocycles. The molecule has 0 unspecified atom stereocenters. The molecular weight excluding hydrogens is 241 g/mol. The summed E-state index contributed by atoms with van der Waals surface area (Å²) in [6, 6.07) is -1.44. The zero-order valence-corrected chi connectivity index (χ0v) is 10.7. The van der Waals surface area contributed by atoms with E-state index in [1.807, 2.05) is 0 Å². The smallest absolute Gasteiger partial charge is 0.411 e. The molecule has 1 heterocycles. The van der Waals surface area contributed by atoms with E-state index in [0.29, 0.717) is 6.42 Å². The number of hydrogen-bond donors (Lipinski definition) is 1. The highest BCUT2D eigenvalue weighted by molar-refractivity contribution is 5.82. The van der Waals surface area contributed by atoms with Crippen LogP contribution >= 0.6 is 0 Å². The third-order valence-electron chi connectivity index (χ3n) is 3.46. The maximum absolute atomic E-state index is 13.6. The van der Waals surface area contributed by atoms with Crippen LogP contribution in [0.4, 0.5) is 9.18 Å². The zero-order chi connectivity index (χ0) is 13.7. The van der Waals surface area contributed by atoms with Gasteiger partial charge in [0.1, 0.15) is 17.8 Å². The molecule has 1 amide bonds. The molecule has 6 heteroatoms. The zero-order valence-electron chi connectivity index (χ0n) is 10.7. The van der Waals surface area contributed by atoms with Gasteiger partial charge in [0, 0.05) is 12.0 Å². The highest BCUT2D eigenvalue weighted by Gasteiger charge is 2.57. The summed E-state index contributed by atoms with van der Waals surface area (Å²) in [4.78, 5) is 24.4. The number of halogens is 1. The van der Waals surface area contributed by atoms with E-state index in [1.54, 1.807) is 20.8 Å². The number of fused-ring (bicyclic) bond motifs is 2. The summed E-state index contributed by atoms with van der Waals surface area (Å²) in [5.74, 6) is -1.75. The number of hydrogen-bond acceptors (Lipinski definition) is 3. The number of piperidine rings is 1. The fourth-order valence-electron chi connectivity index (χ4n) is 2.86. The molecule has 1 saturated heterocycles. The van der Waals surface area contributed by atoms with Gasteiger partial charge in [-0.3, -0.25) is 4.90 Å². The van der Waals surface area contributed by atoms with Crippen molar-refractivity contribution >= 4 is 12.1 Å². The number of alkyl halides is 1. The van der Waals surface area contributed by atoms with Crippen LogP contribution in [-0.4, -0.2) is 45.9 Å². The SMILES string of the molecule is CC(C)(C)OC(=O)N1[C@@H]2C[C@H]([C@H]1C(=O)O)[C@@H](F)C2. The normalized spacial score (nSPS) is 34.8. The van der Waals surface area contributed by atoms with E-state index in [9.17, 15) is 14.0 Å². The van der Waals surface area contributed by atoms with Crippen LogP contribution in [0, 0.1) is 5.92 Å². The van der Waals surface area contributed by atoms with Crippen molar-refractivity contribution in [2.45, 2.75) is 57.5 Å². The summed E-state index contributed by atoms with van der Waals surface area (Å²) in [7, 11) is 0. The van der Waals surface area contributed by atoms with Crippen molar-refractivity contribution in [3.05, 3.63) is 0 Å². The number of carboxylic acid groups (broad SMARTS) is 1. The van der Waals surface area contributed by atoms with Gasteiger partial charge >= 0.3 is 12.1 Å². The lowest BCUT2D eigenvalue weighted by Gasteiger charge is -2.35. The summed E-state index contributed by atoms with van der Waals surface area (Å²) in [5.41, 5.74) is -0.683. The second kappa shape index (κ2) is 4.10. The number of aliphatic carboxylic acids is 1. The first-order chi connectivity index (χ1) is 8.20. The molecular formula is C12H18FNO4. The Labute approximate surface area is 105 Å². The lowest BCUT2D eigenvalue weighted by Crippen LogP contribution is -2.53. The van der Waals surface area contributed by atoms with Gasteiger partial charge in [-0.25, -0.2) is 14.0 Å². The number of carbonyl (C=O) groups is 2. The summed E-state index contributed by atoms with van der Waals surface area (Å²) in [5, 5.41) is 9.15. The van der Waals surface area contributed by atoms with Gasteiger partial charge in [0.2, 0.25) is 0 Å². The molecule has 0 spiro atoms. The number of likely N-dealkylation sites (tertiary alicyclic amines) is 1. The molecule has 2 rings (SSSR count). The van der Waals surface area contributed by atoms with Gasteiger partial charge in [-0.1, -0.05) is 0 Å². The molecule has 4 atom stereocenters. The minimum Gasteiger partial charge on any atom is -0.480 e. The maximum atomic E-state index is 13.6. The van der Waals surface area contributed by atoms with Gasteiger partial charge in [0.25, 0.3) is 0 Å².